The molecular formula is C22H24F5NO4. The van der Waals surface area contributed by atoms with Crippen LogP contribution in [0.2, 0.25) is 0 Å². The number of rotatable bonds is 6. The first-order valence-electron chi connectivity index (χ1n) is 9.95. The summed E-state index contributed by atoms with van der Waals surface area (Å²) < 4.78 is 86.6. The molecule has 3 rings (SSSR count). The molecule has 4 atom stereocenters. The van der Waals surface area contributed by atoms with Crippen LogP contribution in [0, 0.1) is 24.5 Å². The Morgan fingerprint density at radius 2 is 1.88 bits per heavy atom. The number of ether oxygens (including phenoxy) is 3. The molecule has 0 saturated carbocycles. The van der Waals surface area contributed by atoms with Gasteiger partial charge in [0.15, 0.2) is 22.6 Å². The minimum atomic E-state index is -4.76. The van der Waals surface area contributed by atoms with Gasteiger partial charge in [0.1, 0.15) is 12.7 Å². The van der Waals surface area contributed by atoms with E-state index in [-0.39, 0.29) is 24.5 Å². The number of hydrogen-bond donors (Lipinski definition) is 1. The van der Waals surface area contributed by atoms with Crippen LogP contribution in [0.3, 0.4) is 0 Å². The lowest BCUT2D eigenvalue weighted by Crippen LogP contribution is -2.46. The second kappa shape index (κ2) is 8.82. The highest BCUT2D eigenvalue weighted by atomic mass is 19.4. The molecule has 0 bridgehead atoms. The summed E-state index contributed by atoms with van der Waals surface area (Å²) in [5.41, 5.74) is -2.50. The lowest BCUT2D eigenvalue weighted by molar-refractivity contribution is -0.275. The number of benzene rings is 1. The summed E-state index contributed by atoms with van der Waals surface area (Å²) in [4.78, 5) is 14.9. The van der Waals surface area contributed by atoms with Crippen LogP contribution in [0.5, 0.6) is 5.75 Å². The summed E-state index contributed by atoms with van der Waals surface area (Å²) >= 11 is 0. The lowest BCUT2D eigenvalue weighted by atomic mass is 9.76. The largest absolute Gasteiger partial charge is 0.488 e. The van der Waals surface area contributed by atoms with Crippen LogP contribution < -0.4 is 10.2 Å². The number of pyridine rings is 1. The number of aromatic amines is 1. The minimum absolute atomic E-state index is 0.00725. The standard InChI is InChI=1S/C22H24F5NO4/c1-11-9-13(29)10-16(28-11)20-17(12(2)21(3,32-20)22(25,26)27)14-5-6-15(23)18(24)19(14)31-8-7-30-4/h5-6,9-10,12,17,20H,7-8H2,1-4H3,(H,28,29)/t12-,17-,20-,21+/m0/s1. The molecule has 1 saturated heterocycles. The summed E-state index contributed by atoms with van der Waals surface area (Å²) in [6.07, 6.45) is -6.06. The molecule has 1 N–H and O–H groups in total. The smallest absolute Gasteiger partial charge is 0.417 e. The Kier molecular flexibility index (Phi) is 6.67. The molecule has 5 nitrogen and oxygen atoms in total. The molecule has 1 aliphatic rings. The van der Waals surface area contributed by atoms with Crippen LogP contribution >= 0.6 is 0 Å². The Morgan fingerprint density at radius 3 is 2.47 bits per heavy atom. The van der Waals surface area contributed by atoms with Crippen molar-refractivity contribution in [2.45, 2.75) is 44.6 Å². The Morgan fingerprint density at radius 1 is 1.19 bits per heavy atom. The Bertz CT molecular complexity index is 1040. The average Bonchev–Trinajstić information content (AvgIpc) is 2.97. The fourth-order valence-corrected chi connectivity index (χ4v) is 4.11. The topological polar surface area (TPSA) is 60.5 Å². The summed E-state index contributed by atoms with van der Waals surface area (Å²) in [7, 11) is 1.39. The molecule has 0 radical (unpaired) electrons. The number of H-pyrrole nitrogens is 1. The van der Waals surface area contributed by atoms with Gasteiger partial charge in [0.25, 0.3) is 0 Å². The van der Waals surface area contributed by atoms with Gasteiger partial charge in [-0.25, -0.2) is 4.39 Å². The third-order valence-electron chi connectivity index (χ3n) is 5.95. The number of hydrogen-bond acceptors (Lipinski definition) is 4. The van der Waals surface area contributed by atoms with E-state index in [4.69, 9.17) is 14.2 Å². The van der Waals surface area contributed by atoms with Crippen LogP contribution in [0.1, 0.15) is 42.8 Å². The van der Waals surface area contributed by atoms with Gasteiger partial charge >= 0.3 is 6.18 Å². The van der Waals surface area contributed by atoms with Crippen molar-refractivity contribution in [3.63, 3.8) is 0 Å². The maximum Gasteiger partial charge on any atom is 0.417 e. The second-order valence-corrected chi connectivity index (χ2v) is 8.03. The lowest BCUT2D eigenvalue weighted by Gasteiger charge is -2.32. The van der Waals surface area contributed by atoms with E-state index >= 15 is 0 Å². The molecule has 0 spiro atoms. The quantitative estimate of drug-likeness (QED) is 0.496. The van der Waals surface area contributed by atoms with Crippen molar-refractivity contribution < 1.29 is 36.2 Å². The highest BCUT2D eigenvalue weighted by Gasteiger charge is 2.65. The highest BCUT2D eigenvalue weighted by molar-refractivity contribution is 5.42. The first kappa shape index (κ1) is 24.2. The number of halogens is 5. The van der Waals surface area contributed by atoms with Gasteiger partial charge in [-0.05, 0) is 19.9 Å². The zero-order valence-corrected chi connectivity index (χ0v) is 18.0. The molecule has 0 amide bonds. The molecule has 1 aromatic heterocycles. The third-order valence-corrected chi connectivity index (χ3v) is 5.95. The van der Waals surface area contributed by atoms with Crippen molar-refractivity contribution in [3.05, 3.63) is 63.1 Å². The molecule has 1 aliphatic heterocycles. The van der Waals surface area contributed by atoms with Crippen LogP contribution in [0.4, 0.5) is 22.0 Å². The summed E-state index contributed by atoms with van der Waals surface area (Å²) in [5.74, 6) is -5.36. The Balaban J connectivity index is 2.20. The molecule has 10 heteroatoms. The number of nitrogens with one attached hydrogen (secondary N) is 1. The molecule has 32 heavy (non-hydrogen) atoms. The Labute approximate surface area is 181 Å². The predicted octanol–water partition coefficient (Wildman–Crippen LogP) is 4.80. The van der Waals surface area contributed by atoms with E-state index in [9.17, 15) is 26.7 Å². The van der Waals surface area contributed by atoms with Gasteiger partial charge in [-0.3, -0.25) is 4.79 Å². The number of aryl methyl sites for hydroxylation is 1. The second-order valence-electron chi connectivity index (χ2n) is 8.03. The van der Waals surface area contributed by atoms with Crippen molar-refractivity contribution in [1.29, 1.82) is 0 Å². The van der Waals surface area contributed by atoms with Crippen LogP contribution in [0.15, 0.2) is 29.1 Å². The number of alkyl halides is 3. The fraction of sp³-hybridized carbons (Fsp3) is 0.500. The minimum Gasteiger partial charge on any atom is -0.488 e. The van der Waals surface area contributed by atoms with Crippen molar-refractivity contribution >= 4 is 0 Å². The van der Waals surface area contributed by atoms with E-state index in [1.54, 1.807) is 6.92 Å². The fourth-order valence-electron chi connectivity index (χ4n) is 4.11. The summed E-state index contributed by atoms with van der Waals surface area (Å²) in [6.45, 7) is 3.73. The van der Waals surface area contributed by atoms with Crippen LogP contribution in [-0.4, -0.2) is 37.1 Å². The molecule has 1 aromatic carbocycles. The van der Waals surface area contributed by atoms with Gasteiger partial charge in [-0.1, -0.05) is 13.0 Å². The van der Waals surface area contributed by atoms with Crippen molar-refractivity contribution in [3.8, 4) is 5.75 Å². The van der Waals surface area contributed by atoms with E-state index in [2.05, 4.69) is 4.98 Å². The molecule has 0 unspecified atom stereocenters. The van der Waals surface area contributed by atoms with Gasteiger partial charge in [-0.15, -0.1) is 0 Å². The first-order valence-corrected chi connectivity index (χ1v) is 9.95. The zero-order chi connectivity index (χ0) is 23.8. The van der Waals surface area contributed by atoms with E-state index in [0.717, 1.165) is 19.1 Å². The van der Waals surface area contributed by atoms with Crippen molar-refractivity contribution in [2.75, 3.05) is 20.3 Å². The molecular weight excluding hydrogens is 437 g/mol. The van der Waals surface area contributed by atoms with Gasteiger partial charge < -0.3 is 19.2 Å². The van der Waals surface area contributed by atoms with E-state index < -0.39 is 52.5 Å². The molecule has 2 heterocycles. The maximum atomic E-state index is 14.7. The summed E-state index contributed by atoms with van der Waals surface area (Å²) in [6, 6.07) is 4.45. The first-order chi connectivity index (χ1) is 14.9. The Hall–Kier alpha value is -2.46. The SMILES string of the molecule is COCCOc1c([C@H]2[C@H](c3cc(=O)cc(C)[nH]3)O[C@@](C)(C(F)(F)F)[C@H]2C)ccc(F)c1F. The monoisotopic (exact) mass is 461 g/mol. The number of methoxy groups -OCH3 is 1. The van der Waals surface area contributed by atoms with E-state index in [1.807, 2.05) is 0 Å². The van der Waals surface area contributed by atoms with Crippen LogP contribution in [0.25, 0.3) is 0 Å². The van der Waals surface area contributed by atoms with Gasteiger partial charge in [0, 0.05) is 48.0 Å². The average molecular weight is 461 g/mol. The van der Waals surface area contributed by atoms with Gasteiger partial charge in [0.05, 0.1) is 6.61 Å². The highest BCUT2D eigenvalue weighted by Crippen LogP contribution is 2.59. The van der Waals surface area contributed by atoms with Gasteiger partial charge in [-0.2, -0.15) is 17.6 Å². The van der Waals surface area contributed by atoms with Crippen molar-refractivity contribution in [2.24, 2.45) is 5.92 Å². The molecule has 2 aromatic rings. The molecule has 0 aliphatic carbocycles. The molecule has 176 valence electrons. The third kappa shape index (κ3) is 4.25. The van der Waals surface area contributed by atoms with E-state index in [1.165, 1.54) is 26.2 Å². The number of aromatic nitrogens is 1. The van der Waals surface area contributed by atoms with Gasteiger partial charge in [0.2, 0.25) is 5.82 Å². The maximum absolute atomic E-state index is 14.7. The van der Waals surface area contributed by atoms with Crippen LogP contribution in [-0.2, 0) is 9.47 Å². The zero-order valence-electron chi connectivity index (χ0n) is 18.0. The summed E-state index contributed by atoms with van der Waals surface area (Å²) in [5, 5.41) is 0. The normalized spacial score (nSPS) is 25.8. The van der Waals surface area contributed by atoms with Crippen molar-refractivity contribution in [1.82, 2.24) is 4.98 Å². The molecule has 1 fully saturated rings. The van der Waals surface area contributed by atoms with E-state index in [0.29, 0.717) is 5.69 Å². The predicted molar refractivity (Wildman–Crippen MR) is 106 cm³/mol.